The molecule has 0 radical (unpaired) electrons. The van der Waals surface area contributed by atoms with Crippen LogP contribution in [0.4, 0.5) is 14.5 Å². The van der Waals surface area contributed by atoms with Gasteiger partial charge in [-0.15, -0.1) is 0 Å². The molecule has 0 bridgehead atoms. The Bertz CT molecular complexity index is 599. The summed E-state index contributed by atoms with van der Waals surface area (Å²) in [5.74, 6) is -2.68. The molecule has 0 unspecified atom stereocenters. The number of nitrogen functional groups attached to an aromatic ring is 1. The van der Waals surface area contributed by atoms with Crippen LogP contribution in [-0.2, 0) is 0 Å². The van der Waals surface area contributed by atoms with E-state index in [2.05, 4.69) is 25.9 Å². The summed E-state index contributed by atoms with van der Waals surface area (Å²) < 4.78 is 32.3. The van der Waals surface area contributed by atoms with Crippen molar-refractivity contribution >= 4 is 33.2 Å². The van der Waals surface area contributed by atoms with Crippen molar-refractivity contribution in [3.05, 3.63) is 39.2 Å². The number of hydrogen-bond donors (Lipinski definition) is 1. The monoisotopic (exact) mass is 349 g/mol. The Hall–Kier alpha value is -1.47. The first-order valence-electron chi connectivity index (χ1n) is 5.00. The average molecular weight is 351 g/mol. The summed E-state index contributed by atoms with van der Waals surface area (Å²) in [5.41, 5.74) is 6.17. The second kappa shape index (κ2) is 5.26. The number of halogens is 4. The van der Waals surface area contributed by atoms with E-state index in [1.54, 1.807) is 6.92 Å². The van der Waals surface area contributed by atoms with Crippen LogP contribution in [0.15, 0.2) is 16.6 Å². The molecule has 0 saturated carbocycles. The predicted molar refractivity (Wildman–Crippen MR) is 70.3 cm³/mol. The second-order valence-corrected chi connectivity index (χ2v) is 4.85. The van der Waals surface area contributed by atoms with Crippen molar-refractivity contribution < 1.29 is 13.5 Å². The van der Waals surface area contributed by atoms with Crippen LogP contribution < -0.4 is 10.5 Å². The smallest absolute Gasteiger partial charge is 0.247 e. The summed E-state index contributed by atoms with van der Waals surface area (Å²) in [5, 5.41) is -0.0995. The van der Waals surface area contributed by atoms with Crippen LogP contribution in [0.3, 0.4) is 0 Å². The Morgan fingerprint density at radius 2 is 2.00 bits per heavy atom. The van der Waals surface area contributed by atoms with Gasteiger partial charge in [-0.2, -0.15) is 9.37 Å². The zero-order valence-electron chi connectivity index (χ0n) is 9.55. The number of hydrogen-bond acceptors (Lipinski definition) is 4. The normalized spacial score (nSPS) is 10.6. The first kappa shape index (κ1) is 14.0. The van der Waals surface area contributed by atoms with E-state index in [0.717, 1.165) is 6.07 Å². The van der Waals surface area contributed by atoms with Gasteiger partial charge in [-0.05, 0) is 30.7 Å². The molecule has 1 aromatic heterocycles. The highest BCUT2D eigenvalue weighted by atomic mass is 79.9. The molecule has 100 valence electrons. The molecule has 0 spiro atoms. The fourth-order valence-corrected chi connectivity index (χ4v) is 1.92. The molecule has 0 amide bonds. The molecular weight excluding hydrogens is 343 g/mol. The molecule has 0 aliphatic rings. The number of anilines is 1. The number of nitrogens with zero attached hydrogens (tertiary/aromatic N) is 2. The van der Waals surface area contributed by atoms with E-state index in [9.17, 15) is 8.78 Å². The first-order valence-corrected chi connectivity index (χ1v) is 6.17. The Labute approximate surface area is 120 Å². The lowest BCUT2D eigenvalue weighted by molar-refractivity contribution is 0.405. The van der Waals surface area contributed by atoms with Gasteiger partial charge in [0.05, 0.1) is 5.69 Å². The van der Waals surface area contributed by atoms with Gasteiger partial charge < -0.3 is 10.5 Å². The highest BCUT2D eigenvalue weighted by Crippen LogP contribution is 2.32. The van der Waals surface area contributed by atoms with E-state index < -0.39 is 11.6 Å². The van der Waals surface area contributed by atoms with Crippen molar-refractivity contribution in [1.29, 1.82) is 0 Å². The van der Waals surface area contributed by atoms with Crippen molar-refractivity contribution in [1.82, 2.24) is 9.97 Å². The van der Waals surface area contributed by atoms with Crippen LogP contribution in [0.25, 0.3) is 0 Å². The standard InChI is InChI=1S/C11H7BrClF2N3O/c1-4-9(16)10(18-11(13)17-4)19-7-3-5(12)2-6(14)8(7)15/h2-3H,16H2,1H3. The molecule has 4 nitrogen and oxygen atoms in total. The third-order valence-electron chi connectivity index (χ3n) is 2.24. The van der Waals surface area contributed by atoms with Gasteiger partial charge in [-0.25, -0.2) is 9.37 Å². The van der Waals surface area contributed by atoms with Gasteiger partial charge in [-0.3, -0.25) is 0 Å². The topological polar surface area (TPSA) is 61.0 Å². The number of benzene rings is 1. The van der Waals surface area contributed by atoms with E-state index in [4.69, 9.17) is 22.1 Å². The van der Waals surface area contributed by atoms with Gasteiger partial charge >= 0.3 is 0 Å². The van der Waals surface area contributed by atoms with Crippen LogP contribution in [0.5, 0.6) is 11.6 Å². The molecule has 2 N–H and O–H groups in total. The number of ether oxygens (including phenoxy) is 1. The van der Waals surface area contributed by atoms with Crippen LogP contribution in [0.2, 0.25) is 5.28 Å². The summed E-state index contributed by atoms with van der Waals surface area (Å²) >= 11 is 8.69. The largest absolute Gasteiger partial charge is 0.434 e. The minimum Gasteiger partial charge on any atom is -0.434 e. The lowest BCUT2D eigenvalue weighted by Gasteiger charge is -2.10. The van der Waals surface area contributed by atoms with Crippen molar-refractivity contribution in [2.24, 2.45) is 0 Å². The number of rotatable bonds is 2. The maximum Gasteiger partial charge on any atom is 0.247 e. The fourth-order valence-electron chi connectivity index (χ4n) is 1.31. The van der Waals surface area contributed by atoms with Gasteiger partial charge in [0.25, 0.3) is 0 Å². The number of aryl methyl sites for hydroxylation is 1. The zero-order chi connectivity index (χ0) is 14.2. The van der Waals surface area contributed by atoms with Gasteiger partial charge in [0.2, 0.25) is 17.0 Å². The molecule has 2 rings (SSSR count). The third-order valence-corrected chi connectivity index (χ3v) is 2.87. The summed E-state index contributed by atoms with van der Waals surface area (Å²) in [6, 6.07) is 2.23. The van der Waals surface area contributed by atoms with Crippen molar-refractivity contribution in [2.45, 2.75) is 6.92 Å². The van der Waals surface area contributed by atoms with Crippen LogP contribution in [-0.4, -0.2) is 9.97 Å². The molecule has 0 atom stereocenters. The molecule has 0 fully saturated rings. The molecular formula is C11H7BrClF2N3O. The van der Waals surface area contributed by atoms with Crippen molar-refractivity contribution in [2.75, 3.05) is 5.73 Å². The molecule has 2 aromatic rings. The van der Waals surface area contributed by atoms with Crippen LogP contribution >= 0.6 is 27.5 Å². The zero-order valence-corrected chi connectivity index (χ0v) is 11.9. The Morgan fingerprint density at radius 1 is 1.32 bits per heavy atom. The maximum absolute atomic E-state index is 13.6. The van der Waals surface area contributed by atoms with Crippen LogP contribution in [0, 0.1) is 18.6 Å². The Morgan fingerprint density at radius 3 is 2.68 bits per heavy atom. The minimum absolute atomic E-state index is 0.0995. The Balaban J connectivity index is 2.47. The predicted octanol–water partition coefficient (Wildman–Crippen LogP) is 3.85. The molecule has 19 heavy (non-hydrogen) atoms. The molecule has 8 heteroatoms. The lowest BCUT2D eigenvalue weighted by Crippen LogP contribution is -2.02. The van der Waals surface area contributed by atoms with Gasteiger partial charge in [0, 0.05) is 4.47 Å². The molecule has 1 aromatic carbocycles. The van der Waals surface area contributed by atoms with Crippen molar-refractivity contribution in [3.63, 3.8) is 0 Å². The summed E-state index contributed by atoms with van der Waals surface area (Å²) in [7, 11) is 0. The third kappa shape index (κ3) is 2.93. The lowest BCUT2D eigenvalue weighted by atomic mass is 10.3. The van der Waals surface area contributed by atoms with Gasteiger partial charge in [0.1, 0.15) is 5.69 Å². The van der Waals surface area contributed by atoms with E-state index in [0.29, 0.717) is 10.2 Å². The van der Waals surface area contributed by atoms with E-state index in [1.807, 2.05) is 0 Å². The molecule has 0 aliphatic heterocycles. The molecule has 1 heterocycles. The fraction of sp³-hybridized carbons (Fsp3) is 0.0909. The Kier molecular flexibility index (Phi) is 3.86. The van der Waals surface area contributed by atoms with E-state index in [1.165, 1.54) is 6.07 Å². The average Bonchev–Trinajstić information content (AvgIpc) is 2.31. The summed E-state index contributed by atoms with van der Waals surface area (Å²) in [6.07, 6.45) is 0. The summed E-state index contributed by atoms with van der Waals surface area (Å²) in [4.78, 5) is 7.54. The summed E-state index contributed by atoms with van der Waals surface area (Å²) in [6.45, 7) is 1.59. The van der Waals surface area contributed by atoms with E-state index in [-0.39, 0.29) is 22.6 Å². The quantitative estimate of drug-likeness (QED) is 0.660. The van der Waals surface area contributed by atoms with E-state index >= 15 is 0 Å². The SMILES string of the molecule is Cc1nc(Cl)nc(Oc2cc(Br)cc(F)c2F)c1N. The molecule has 0 saturated heterocycles. The van der Waals surface area contributed by atoms with Crippen molar-refractivity contribution in [3.8, 4) is 11.6 Å². The second-order valence-electron chi connectivity index (χ2n) is 3.60. The molecule has 0 aliphatic carbocycles. The first-order chi connectivity index (χ1) is 8.88. The maximum atomic E-state index is 13.6. The highest BCUT2D eigenvalue weighted by molar-refractivity contribution is 9.10. The van der Waals surface area contributed by atoms with Gasteiger partial charge in [-0.1, -0.05) is 15.9 Å². The number of nitrogens with two attached hydrogens (primary N) is 1. The van der Waals surface area contributed by atoms with Gasteiger partial charge in [0.15, 0.2) is 11.6 Å². The highest BCUT2D eigenvalue weighted by Gasteiger charge is 2.16. The number of aromatic nitrogens is 2. The van der Waals surface area contributed by atoms with Crippen LogP contribution in [0.1, 0.15) is 5.69 Å². The minimum atomic E-state index is -1.14.